The zero-order valence-corrected chi connectivity index (χ0v) is 16.6. The molecule has 0 unspecified atom stereocenters. The summed E-state index contributed by atoms with van der Waals surface area (Å²) in [5, 5.41) is 7.84. The van der Waals surface area contributed by atoms with E-state index in [-0.39, 0.29) is 24.8 Å². The predicted molar refractivity (Wildman–Crippen MR) is 113 cm³/mol. The number of rotatable bonds is 8. The van der Waals surface area contributed by atoms with E-state index >= 15 is 0 Å². The summed E-state index contributed by atoms with van der Waals surface area (Å²) in [4.78, 5) is 26.7. The van der Waals surface area contributed by atoms with Gasteiger partial charge in [-0.3, -0.25) is 9.59 Å². The summed E-state index contributed by atoms with van der Waals surface area (Å²) >= 11 is 0. The van der Waals surface area contributed by atoms with Crippen molar-refractivity contribution < 1.29 is 9.59 Å². The Labute approximate surface area is 167 Å². The molecule has 0 saturated carbocycles. The molecule has 2 amide bonds. The Morgan fingerprint density at radius 1 is 0.857 bits per heavy atom. The molecule has 2 aromatic rings. The quantitative estimate of drug-likeness (QED) is 0.691. The van der Waals surface area contributed by atoms with E-state index < -0.39 is 0 Å². The lowest BCUT2D eigenvalue weighted by Gasteiger charge is -2.19. The number of hydrogen-bond donors (Lipinski definition) is 2. The molecule has 1 aliphatic heterocycles. The van der Waals surface area contributed by atoms with Crippen molar-refractivity contribution in [2.75, 3.05) is 32.7 Å². The maximum atomic E-state index is 12.2. The van der Waals surface area contributed by atoms with Gasteiger partial charge in [-0.05, 0) is 55.2 Å². The summed E-state index contributed by atoms with van der Waals surface area (Å²) in [7, 11) is 0. The molecule has 0 aliphatic carbocycles. The van der Waals surface area contributed by atoms with Crippen LogP contribution in [0.25, 0.3) is 10.8 Å². The van der Waals surface area contributed by atoms with E-state index in [0.29, 0.717) is 6.54 Å². The molecule has 28 heavy (non-hydrogen) atoms. The van der Waals surface area contributed by atoms with Crippen LogP contribution in [0.4, 0.5) is 0 Å². The first-order valence-corrected chi connectivity index (χ1v) is 10.4. The number of likely N-dealkylation sites (tertiary alicyclic amines) is 1. The lowest BCUT2D eigenvalue weighted by atomic mass is 10.0. The monoisotopic (exact) mass is 381 g/mol. The smallest absolute Gasteiger partial charge is 0.239 e. The van der Waals surface area contributed by atoms with E-state index in [1.165, 1.54) is 38.8 Å². The van der Waals surface area contributed by atoms with Gasteiger partial charge in [0, 0.05) is 6.54 Å². The molecular weight excluding hydrogens is 350 g/mol. The van der Waals surface area contributed by atoms with E-state index in [4.69, 9.17) is 0 Å². The van der Waals surface area contributed by atoms with Gasteiger partial charge in [-0.25, -0.2) is 0 Å². The minimum Gasteiger partial charge on any atom is -0.355 e. The Balaban J connectivity index is 1.34. The lowest BCUT2D eigenvalue weighted by Crippen LogP contribution is -2.38. The fourth-order valence-corrected chi connectivity index (χ4v) is 3.81. The summed E-state index contributed by atoms with van der Waals surface area (Å²) < 4.78 is 0. The second-order valence-corrected chi connectivity index (χ2v) is 7.55. The first-order valence-electron chi connectivity index (χ1n) is 10.4. The fourth-order valence-electron chi connectivity index (χ4n) is 3.81. The number of nitrogens with one attached hydrogen (secondary N) is 2. The van der Waals surface area contributed by atoms with Crippen molar-refractivity contribution in [3.8, 4) is 0 Å². The van der Waals surface area contributed by atoms with Crippen LogP contribution in [0.2, 0.25) is 0 Å². The van der Waals surface area contributed by atoms with Crippen LogP contribution >= 0.6 is 0 Å². The fraction of sp³-hybridized carbons (Fsp3) is 0.478. The Hall–Kier alpha value is -2.40. The number of amides is 2. The van der Waals surface area contributed by atoms with Crippen LogP contribution in [0.5, 0.6) is 0 Å². The van der Waals surface area contributed by atoms with Crippen molar-refractivity contribution in [2.45, 2.75) is 38.5 Å². The van der Waals surface area contributed by atoms with Gasteiger partial charge in [0.15, 0.2) is 0 Å². The highest BCUT2D eigenvalue weighted by Crippen LogP contribution is 2.18. The van der Waals surface area contributed by atoms with Gasteiger partial charge < -0.3 is 15.5 Å². The van der Waals surface area contributed by atoms with Crippen molar-refractivity contribution >= 4 is 22.6 Å². The number of carbonyl (C=O) groups is 2. The van der Waals surface area contributed by atoms with Gasteiger partial charge in [-0.2, -0.15) is 0 Å². The maximum Gasteiger partial charge on any atom is 0.239 e. The number of benzene rings is 2. The molecule has 0 spiro atoms. The third-order valence-corrected chi connectivity index (χ3v) is 5.35. The largest absolute Gasteiger partial charge is 0.355 e. The lowest BCUT2D eigenvalue weighted by molar-refractivity contribution is -0.125. The number of nitrogens with zero attached hydrogens (tertiary/aromatic N) is 1. The molecule has 2 aromatic carbocycles. The zero-order chi connectivity index (χ0) is 19.6. The summed E-state index contributed by atoms with van der Waals surface area (Å²) in [6.07, 6.45) is 6.49. The molecule has 5 heteroatoms. The molecule has 1 heterocycles. The highest BCUT2D eigenvalue weighted by Gasteiger charge is 2.10. The number of carbonyl (C=O) groups excluding carboxylic acids is 2. The molecule has 2 N–H and O–H groups in total. The Morgan fingerprint density at radius 3 is 2.43 bits per heavy atom. The topological polar surface area (TPSA) is 61.4 Å². The van der Waals surface area contributed by atoms with E-state index in [1.807, 2.05) is 42.5 Å². The van der Waals surface area contributed by atoms with Crippen LogP contribution < -0.4 is 10.6 Å². The van der Waals surface area contributed by atoms with Crippen molar-refractivity contribution in [1.82, 2.24) is 15.5 Å². The van der Waals surface area contributed by atoms with Crippen LogP contribution in [-0.4, -0.2) is 49.4 Å². The first-order chi connectivity index (χ1) is 13.7. The molecule has 0 aromatic heterocycles. The van der Waals surface area contributed by atoms with Gasteiger partial charge in [0.1, 0.15) is 0 Å². The van der Waals surface area contributed by atoms with Gasteiger partial charge in [-0.15, -0.1) is 0 Å². The molecule has 3 rings (SSSR count). The molecule has 150 valence electrons. The minimum absolute atomic E-state index is 0.0350. The minimum atomic E-state index is -0.129. The predicted octanol–water partition coefficient (Wildman–Crippen LogP) is 2.88. The van der Waals surface area contributed by atoms with Crippen LogP contribution in [0.15, 0.2) is 42.5 Å². The Bertz CT molecular complexity index is 777. The molecule has 0 radical (unpaired) electrons. The number of hydrogen-bond acceptors (Lipinski definition) is 3. The van der Waals surface area contributed by atoms with Crippen LogP contribution in [-0.2, 0) is 16.0 Å². The summed E-state index contributed by atoms with van der Waals surface area (Å²) in [5.74, 6) is -0.252. The standard InChI is InChI=1S/C23H31N3O2/c27-22(17-20-11-7-10-19-9-3-4-12-21(19)20)25-18-23(28)24-13-8-16-26-14-5-1-2-6-15-26/h3-4,7,9-12H,1-2,5-6,8,13-18H2,(H,24,28)(H,25,27). The van der Waals surface area contributed by atoms with Crippen molar-refractivity contribution in [3.05, 3.63) is 48.0 Å². The van der Waals surface area contributed by atoms with Gasteiger partial charge >= 0.3 is 0 Å². The third kappa shape index (κ3) is 6.34. The second kappa shape index (κ2) is 10.8. The van der Waals surface area contributed by atoms with Crippen molar-refractivity contribution in [1.29, 1.82) is 0 Å². The highest BCUT2D eigenvalue weighted by atomic mass is 16.2. The van der Waals surface area contributed by atoms with Crippen molar-refractivity contribution in [2.24, 2.45) is 0 Å². The average Bonchev–Trinajstić information content (AvgIpc) is 2.99. The van der Waals surface area contributed by atoms with Crippen LogP contribution in [0.3, 0.4) is 0 Å². The molecule has 1 fully saturated rings. The van der Waals surface area contributed by atoms with Gasteiger partial charge in [-0.1, -0.05) is 55.3 Å². The molecule has 0 atom stereocenters. The first kappa shape index (κ1) is 20.3. The van der Waals surface area contributed by atoms with E-state index in [0.717, 1.165) is 29.3 Å². The average molecular weight is 382 g/mol. The highest BCUT2D eigenvalue weighted by molar-refractivity contribution is 5.91. The second-order valence-electron chi connectivity index (χ2n) is 7.55. The zero-order valence-electron chi connectivity index (χ0n) is 16.6. The molecule has 1 aliphatic rings. The van der Waals surface area contributed by atoms with Crippen molar-refractivity contribution in [3.63, 3.8) is 0 Å². The van der Waals surface area contributed by atoms with E-state index in [9.17, 15) is 9.59 Å². The number of fused-ring (bicyclic) bond motifs is 1. The van der Waals surface area contributed by atoms with Gasteiger partial charge in [0.2, 0.25) is 11.8 Å². The third-order valence-electron chi connectivity index (χ3n) is 5.35. The molecular formula is C23H31N3O2. The van der Waals surface area contributed by atoms with E-state index in [2.05, 4.69) is 15.5 Å². The Morgan fingerprint density at radius 2 is 1.61 bits per heavy atom. The summed E-state index contributed by atoms with van der Waals surface area (Å²) in [6, 6.07) is 14.0. The van der Waals surface area contributed by atoms with Crippen LogP contribution in [0.1, 0.15) is 37.7 Å². The molecule has 1 saturated heterocycles. The molecule has 5 nitrogen and oxygen atoms in total. The summed E-state index contributed by atoms with van der Waals surface area (Å²) in [5.41, 5.74) is 0.980. The maximum absolute atomic E-state index is 12.2. The summed E-state index contributed by atoms with van der Waals surface area (Å²) in [6.45, 7) is 4.09. The van der Waals surface area contributed by atoms with E-state index in [1.54, 1.807) is 0 Å². The normalized spacial score (nSPS) is 15.1. The SMILES string of the molecule is O=C(CNC(=O)Cc1cccc2ccccc12)NCCCN1CCCCCC1. The molecule has 0 bridgehead atoms. The van der Waals surface area contributed by atoms with Gasteiger partial charge in [0.05, 0.1) is 13.0 Å². The van der Waals surface area contributed by atoms with Crippen LogP contribution in [0, 0.1) is 0 Å². The van der Waals surface area contributed by atoms with Gasteiger partial charge in [0.25, 0.3) is 0 Å². The Kier molecular flexibility index (Phi) is 7.85.